The van der Waals surface area contributed by atoms with Crippen molar-refractivity contribution >= 4 is 11.7 Å². The van der Waals surface area contributed by atoms with Crippen LogP contribution in [-0.2, 0) is 4.79 Å². The lowest BCUT2D eigenvalue weighted by atomic mass is 9.99. The summed E-state index contributed by atoms with van der Waals surface area (Å²) >= 11 is 0. The van der Waals surface area contributed by atoms with Gasteiger partial charge in [-0.3, -0.25) is 9.79 Å². The summed E-state index contributed by atoms with van der Waals surface area (Å²) in [7, 11) is 0. The number of carbonyl (C=O) groups is 1. The molecule has 1 saturated heterocycles. The first-order valence-electron chi connectivity index (χ1n) is 6.17. The van der Waals surface area contributed by atoms with Crippen molar-refractivity contribution in [3.05, 3.63) is 11.3 Å². The Kier molecular flexibility index (Phi) is 3.47. The van der Waals surface area contributed by atoms with Gasteiger partial charge in [0.05, 0.1) is 12.1 Å². The predicted octanol–water partition coefficient (Wildman–Crippen LogP) is 0.407. The van der Waals surface area contributed by atoms with E-state index < -0.39 is 6.04 Å². The molecule has 1 saturated carbocycles. The van der Waals surface area contributed by atoms with Crippen LogP contribution in [-0.4, -0.2) is 23.8 Å². The van der Waals surface area contributed by atoms with E-state index in [-0.39, 0.29) is 5.91 Å². The minimum absolute atomic E-state index is 0.160. The van der Waals surface area contributed by atoms with Crippen molar-refractivity contribution in [1.29, 1.82) is 0 Å². The number of hydrogen-bond donors (Lipinski definition) is 3. The molecule has 2 rings (SSSR count). The fourth-order valence-electron chi connectivity index (χ4n) is 2.37. The molecular weight excluding hydrogens is 216 g/mol. The summed E-state index contributed by atoms with van der Waals surface area (Å²) in [6.45, 7) is 1.82. The Labute approximate surface area is 101 Å². The number of nitrogens with two attached hydrogens (primary N) is 2. The largest absolute Gasteiger partial charge is 0.402 e. The van der Waals surface area contributed by atoms with Gasteiger partial charge in [0.2, 0.25) is 5.91 Å². The topological polar surface area (TPSA) is 93.5 Å². The van der Waals surface area contributed by atoms with E-state index in [0.29, 0.717) is 24.0 Å². The Morgan fingerprint density at radius 1 is 1.41 bits per heavy atom. The summed E-state index contributed by atoms with van der Waals surface area (Å²) in [5.74, 6) is 0.482. The molecule has 5 heteroatoms. The summed E-state index contributed by atoms with van der Waals surface area (Å²) in [5.41, 5.74) is 13.1. The predicted molar refractivity (Wildman–Crippen MR) is 67.3 cm³/mol. The number of piperidine rings is 1. The molecule has 0 aromatic rings. The molecular formula is C12H20N4O. The highest BCUT2D eigenvalue weighted by Gasteiger charge is 2.28. The van der Waals surface area contributed by atoms with Crippen molar-refractivity contribution in [3.63, 3.8) is 0 Å². The molecule has 2 aliphatic rings. The van der Waals surface area contributed by atoms with E-state index in [1.54, 1.807) is 0 Å². The molecule has 1 amide bonds. The Morgan fingerprint density at radius 2 is 2.06 bits per heavy atom. The average Bonchev–Trinajstić information content (AvgIpc) is 2.75. The number of aliphatic imine (C=N–C) groups is 1. The summed E-state index contributed by atoms with van der Waals surface area (Å²) < 4.78 is 0. The highest BCUT2D eigenvalue weighted by Crippen LogP contribution is 2.23. The molecule has 0 spiro atoms. The smallest absolute Gasteiger partial charge is 0.242 e. The Balaban J connectivity index is 2.23. The highest BCUT2D eigenvalue weighted by molar-refractivity contribution is 6.12. The van der Waals surface area contributed by atoms with E-state index in [1.165, 1.54) is 12.8 Å². The second kappa shape index (κ2) is 4.87. The molecule has 5 N–H and O–H groups in total. The number of hydrogen-bond acceptors (Lipinski definition) is 4. The highest BCUT2D eigenvalue weighted by atomic mass is 16.2. The minimum atomic E-state index is -0.508. The maximum atomic E-state index is 11.6. The van der Waals surface area contributed by atoms with Crippen LogP contribution in [0.4, 0.5) is 0 Å². The summed E-state index contributed by atoms with van der Waals surface area (Å²) in [5, 5.41) is 2.77. The van der Waals surface area contributed by atoms with Gasteiger partial charge in [0.15, 0.2) is 0 Å². The molecule has 94 valence electrons. The van der Waals surface area contributed by atoms with Gasteiger partial charge >= 0.3 is 0 Å². The minimum Gasteiger partial charge on any atom is -0.402 e. The number of carbonyl (C=O) groups excluding carboxylic acids is 1. The SMILES string of the molecule is C/C(N)=C1\CC(N)C(=O)NC1=NC1CCCC1. The normalized spacial score (nSPS) is 31.8. The van der Waals surface area contributed by atoms with Crippen molar-refractivity contribution < 1.29 is 4.79 Å². The number of rotatable bonds is 1. The first kappa shape index (κ1) is 12.1. The number of amides is 1. The number of allylic oxidation sites excluding steroid dienone is 1. The second-order valence-corrected chi connectivity index (χ2v) is 4.88. The Morgan fingerprint density at radius 3 is 2.65 bits per heavy atom. The molecule has 0 bridgehead atoms. The van der Waals surface area contributed by atoms with Crippen LogP contribution >= 0.6 is 0 Å². The number of amidine groups is 1. The Hall–Kier alpha value is -1.36. The van der Waals surface area contributed by atoms with Gasteiger partial charge in [-0.05, 0) is 19.8 Å². The van der Waals surface area contributed by atoms with E-state index in [9.17, 15) is 4.79 Å². The third-order valence-corrected chi connectivity index (χ3v) is 3.40. The summed E-state index contributed by atoms with van der Waals surface area (Å²) in [4.78, 5) is 16.2. The fraction of sp³-hybridized carbons (Fsp3) is 0.667. The van der Waals surface area contributed by atoms with Crippen LogP contribution in [0, 0.1) is 0 Å². The molecule has 17 heavy (non-hydrogen) atoms. The van der Waals surface area contributed by atoms with E-state index in [0.717, 1.165) is 18.4 Å². The van der Waals surface area contributed by atoms with Gasteiger partial charge < -0.3 is 16.8 Å². The number of nitrogens with one attached hydrogen (secondary N) is 1. The maximum Gasteiger partial charge on any atom is 0.242 e. The van der Waals surface area contributed by atoms with E-state index in [2.05, 4.69) is 10.3 Å². The van der Waals surface area contributed by atoms with Gasteiger partial charge in [-0.1, -0.05) is 12.8 Å². The van der Waals surface area contributed by atoms with Gasteiger partial charge in [0.1, 0.15) is 5.84 Å². The lowest BCUT2D eigenvalue weighted by molar-refractivity contribution is -0.121. The van der Waals surface area contributed by atoms with E-state index >= 15 is 0 Å². The van der Waals surface area contributed by atoms with Crippen molar-refractivity contribution in [3.8, 4) is 0 Å². The van der Waals surface area contributed by atoms with Gasteiger partial charge in [0, 0.05) is 17.7 Å². The average molecular weight is 236 g/mol. The zero-order valence-corrected chi connectivity index (χ0v) is 10.2. The molecule has 2 fully saturated rings. The molecule has 0 aromatic carbocycles. The molecule has 1 heterocycles. The second-order valence-electron chi connectivity index (χ2n) is 4.88. The van der Waals surface area contributed by atoms with Crippen molar-refractivity contribution in [2.45, 2.75) is 51.1 Å². The maximum absolute atomic E-state index is 11.6. The molecule has 5 nitrogen and oxygen atoms in total. The third kappa shape index (κ3) is 2.66. The van der Waals surface area contributed by atoms with E-state index in [4.69, 9.17) is 11.5 Å². The van der Waals surface area contributed by atoms with Crippen LogP contribution < -0.4 is 16.8 Å². The molecule has 1 aliphatic carbocycles. The van der Waals surface area contributed by atoms with Gasteiger partial charge in [-0.2, -0.15) is 0 Å². The van der Waals surface area contributed by atoms with Crippen molar-refractivity contribution in [2.24, 2.45) is 16.5 Å². The van der Waals surface area contributed by atoms with Crippen LogP contribution in [0.1, 0.15) is 39.0 Å². The van der Waals surface area contributed by atoms with Crippen LogP contribution in [0.5, 0.6) is 0 Å². The zero-order chi connectivity index (χ0) is 12.4. The van der Waals surface area contributed by atoms with Crippen LogP contribution in [0.3, 0.4) is 0 Å². The number of nitrogens with zero attached hydrogens (tertiary/aromatic N) is 1. The molecule has 1 unspecified atom stereocenters. The third-order valence-electron chi connectivity index (χ3n) is 3.40. The zero-order valence-electron chi connectivity index (χ0n) is 10.2. The lowest BCUT2D eigenvalue weighted by Gasteiger charge is -2.24. The molecule has 0 aromatic heterocycles. The van der Waals surface area contributed by atoms with Gasteiger partial charge in [0.25, 0.3) is 0 Å². The standard InChI is InChI=1S/C12H20N4O/c1-7(13)9-6-10(14)12(17)16-11(9)15-8-4-2-3-5-8/h8,10H,2-6,13-14H2,1H3,(H,15,16,17)/b9-7-. The molecule has 0 radical (unpaired) electrons. The summed E-state index contributed by atoms with van der Waals surface area (Å²) in [6, 6.07) is -0.181. The monoisotopic (exact) mass is 236 g/mol. The van der Waals surface area contributed by atoms with Crippen molar-refractivity contribution in [1.82, 2.24) is 5.32 Å². The first-order valence-corrected chi connectivity index (χ1v) is 6.17. The molecule has 1 atom stereocenters. The van der Waals surface area contributed by atoms with Gasteiger partial charge in [-0.15, -0.1) is 0 Å². The van der Waals surface area contributed by atoms with Crippen molar-refractivity contribution in [2.75, 3.05) is 0 Å². The van der Waals surface area contributed by atoms with E-state index in [1.807, 2.05) is 6.92 Å². The first-order chi connectivity index (χ1) is 8.08. The van der Waals surface area contributed by atoms with Crippen LogP contribution in [0.15, 0.2) is 16.3 Å². The van der Waals surface area contributed by atoms with Crippen LogP contribution in [0.25, 0.3) is 0 Å². The fourth-order valence-corrected chi connectivity index (χ4v) is 2.37. The van der Waals surface area contributed by atoms with Crippen LogP contribution in [0.2, 0.25) is 0 Å². The quantitative estimate of drug-likeness (QED) is 0.615. The Bertz CT molecular complexity index is 376. The lowest BCUT2D eigenvalue weighted by Crippen LogP contribution is -2.50. The van der Waals surface area contributed by atoms with Gasteiger partial charge in [-0.25, -0.2) is 0 Å². The summed E-state index contributed by atoms with van der Waals surface area (Å²) in [6.07, 6.45) is 5.12. The molecule has 1 aliphatic heterocycles.